The molecule has 0 fully saturated rings. The minimum Gasteiger partial charge on any atom is -0.253 e. The van der Waals surface area contributed by atoms with Crippen LogP contribution in [-0.4, -0.2) is 15.0 Å². The molecule has 3 aromatic rings. The summed E-state index contributed by atoms with van der Waals surface area (Å²) in [6, 6.07) is 0. The molecule has 27 heavy (non-hydrogen) atoms. The Morgan fingerprint density at radius 1 is 0.889 bits per heavy atom. The van der Waals surface area contributed by atoms with Crippen LogP contribution < -0.4 is 0 Å². The molecule has 3 aromatic heterocycles. The molecule has 0 spiro atoms. The molecule has 152 valence electrons. The molecule has 0 radical (unpaired) electrons. The zero-order valence-corrected chi connectivity index (χ0v) is 19.6. The molecule has 0 bridgehead atoms. The summed E-state index contributed by atoms with van der Waals surface area (Å²) in [6.45, 7) is 17.4. The second kappa shape index (κ2) is 11.7. The van der Waals surface area contributed by atoms with E-state index in [-0.39, 0.29) is 18.3 Å². The van der Waals surface area contributed by atoms with Crippen LogP contribution in [0, 0.1) is 0 Å². The fourth-order valence-electron chi connectivity index (χ4n) is 1.69. The van der Waals surface area contributed by atoms with Crippen LogP contribution in [0.15, 0.2) is 34.2 Å². The van der Waals surface area contributed by atoms with Gasteiger partial charge in [-0.25, -0.2) is 9.97 Å². The highest BCUT2D eigenvalue weighted by atomic mass is 32.1. The minimum atomic E-state index is 0. The lowest BCUT2D eigenvalue weighted by Gasteiger charge is -2.13. The van der Waals surface area contributed by atoms with Crippen molar-refractivity contribution >= 4 is 34.0 Å². The lowest BCUT2D eigenvalue weighted by Crippen LogP contribution is -2.10. The fraction of sp³-hybridized carbons (Fsp3) is 0.571. The number of aromatic nitrogens is 3. The third-order valence-electron chi connectivity index (χ3n) is 3.32. The molecule has 0 saturated heterocycles. The van der Waals surface area contributed by atoms with Gasteiger partial charge in [-0.2, -0.15) is 0 Å². The molecule has 3 rings (SSSR count). The monoisotopic (exact) mass is 425 g/mol. The lowest BCUT2D eigenvalue weighted by molar-refractivity contribution is 0.573. The molecule has 0 N–H and O–H groups in total. The third-order valence-corrected chi connectivity index (χ3v) is 6.18. The van der Waals surface area contributed by atoms with E-state index in [1.807, 2.05) is 28.8 Å². The average molecular weight is 426 g/mol. The van der Waals surface area contributed by atoms with Gasteiger partial charge in [0.2, 0.25) is 0 Å². The van der Waals surface area contributed by atoms with E-state index in [0.29, 0.717) is 5.92 Å². The summed E-state index contributed by atoms with van der Waals surface area (Å²) < 4.78 is 0. The minimum absolute atomic E-state index is 0. The smallest absolute Gasteiger partial charge is 0.0950 e. The highest BCUT2D eigenvalue weighted by molar-refractivity contribution is 7.10. The summed E-state index contributed by atoms with van der Waals surface area (Å²) in [5, 5.41) is 5.33. The molecule has 0 aliphatic heterocycles. The first-order chi connectivity index (χ1) is 12.0. The van der Waals surface area contributed by atoms with Gasteiger partial charge >= 0.3 is 0 Å². The van der Waals surface area contributed by atoms with E-state index >= 15 is 0 Å². The van der Waals surface area contributed by atoms with E-state index in [1.54, 1.807) is 34.0 Å². The summed E-state index contributed by atoms with van der Waals surface area (Å²) in [6.07, 6.45) is 3.78. The number of hydrogen-bond acceptors (Lipinski definition) is 6. The van der Waals surface area contributed by atoms with Gasteiger partial charge in [0.1, 0.15) is 0 Å². The van der Waals surface area contributed by atoms with Gasteiger partial charge in [0, 0.05) is 39.4 Å². The summed E-state index contributed by atoms with van der Waals surface area (Å²) in [5.74, 6) is 0.593. The Morgan fingerprint density at radius 2 is 1.56 bits per heavy atom. The second-order valence-electron chi connectivity index (χ2n) is 8.26. The first kappa shape index (κ1) is 25.9. The molecular formula is C21H35N3S3. The zero-order valence-electron chi connectivity index (χ0n) is 17.1. The van der Waals surface area contributed by atoms with Crippen LogP contribution >= 0.6 is 34.0 Å². The van der Waals surface area contributed by atoms with Gasteiger partial charge in [-0.1, -0.05) is 62.8 Å². The average Bonchev–Trinajstić information content (AvgIpc) is 3.28. The Bertz CT molecular complexity index is 643. The maximum absolute atomic E-state index is 4.21. The van der Waals surface area contributed by atoms with Crippen LogP contribution in [0.3, 0.4) is 0 Å². The van der Waals surface area contributed by atoms with Gasteiger partial charge in [0.25, 0.3) is 0 Å². The van der Waals surface area contributed by atoms with E-state index in [1.165, 1.54) is 15.6 Å². The van der Waals surface area contributed by atoms with Crippen molar-refractivity contribution in [2.24, 2.45) is 0 Å². The highest BCUT2D eigenvalue weighted by Crippen LogP contribution is 2.24. The molecule has 0 atom stereocenters. The van der Waals surface area contributed by atoms with Crippen LogP contribution in [0.5, 0.6) is 0 Å². The van der Waals surface area contributed by atoms with Crippen LogP contribution in [0.25, 0.3) is 0 Å². The standard InChI is InChI=1S/2C7H11NS.C6H9NS.CH4/c1-7(2,3)6-4-9-5-8-6;1-7(2,3)6-4-8-5-9-6;1-5(2)6-7-3-4-8-6;/h2*4-5H,1-3H3;3-5H,1-2H3;1H4. The zero-order chi connectivity index (χ0) is 19.8. The van der Waals surface area contributed by atoms with Crippen LogP contribution in [0.2, 0.25) is 0 Å². The molecule has 0 aliphatic rings. The van der Waals surface area contributed by atoms with Crippen molar-refractivity contribution in [3.8, 4) is 0 Å². The van der Waals surface area contributed by atoms with Gasteiger partial charge in [0.15, 0.2) is 0 Å². The first-order valence-corrected chi connectivity index (χ1v) is 11.4. The topological polar surface area (TPSA) is 38.7 Å². The lowest BCUT2D eigenvalue weighted by atomic mass is 9.93. The number of nitrogens with zero attached hydrogens (tertiary/aromatic N) is 3. The van der Waals surface area contributed by atoms with Gasteiger partial charge in [-0.3, -0.25) is 4.98 Å². The van der Waals surface area contributed by atoms with Crippen LogP contribution in [0.4, 0.5) is 0 Å². The fourth-order valence-corrected chi connectivity index (χ4v) is 3.83. The predicted octanol–water partition coefficient (Wildman–Crippen LogP) is 7.78. The number of thiazole rings is 3. The third kappa shape index (κ3) is 10.1. The van der Waals surface area contributed by atoms with Crippen molar-refractivity contribution in [3.05, 3.63) is 49.8 Å². The Balaban J connectivity index is 0.000000369. The normalized spacial score (nSPS) is 11.0. The maximum atomic E-state index is 4.21. The molecular weight excluding hydrogens is 390 g/mol. The van der Waals surface area contributed by atoms with Crippen LogP contribution in [0.1, 0.15) is 84.3 Å². The van der Waals surface area contributed by atoms with E-state index in [2.05, 4.69) is 75.7 Å². The summed E-state index contributed by atoms with van der Waals surface area (Å²) in [7, 11) is 0. The largest absolute Gasteiger partial charge is 0.253 e. The van der Waals surface area contributed by atoms with Gasteiger partial charge in [-0.05, 0) is 5.41 Å². The molecule has 0 unspecified atom stereocenters. The van der Waals surface area contributed by atoms with Crippen molar-refractivity contribution in [1.29, 1.82) is 0 Å². The first-order valence-electron chi connectivity index (χ1n) is 8.69. The van der Waals surface area contributed by atoms with Gasteiger partial charge in [0.05, 0.1) is 21.7 Å². The molecule has 0 saturated carbocycles. The van der Waals surface area contributed by atoms with Crippen molar-refractivity contribution in [1.82, 2.24) is 15.0 Å². The van der Waals surface area contributed by atoms with E-state index in [4.69, 9.17) is 0 Å². The van der Waals surface area contributed by atoms with Gasteiger partial charge in [-0.15, -0.1) is 34.0 Å². The van der Waals surface area contributed by atoms with Crippen molar-refractivity contribution in [3.63, 3.8) is 0 Å². The molecule has 0 aliphatic carbocycles. The number of hydrogen-bond donors (Lipinski definition) is 0. The molecule has 3 heterocycles. The molecule has 3 nitrogen and oxygen atoms in total. The Hall–Kier alpha value is -1.11. The maximum Gasteiger partial charge on any atom is 0.0950 e. The summed E-state index contributed by atoms with van der Waals surface area (Å²) >= 11 is 5.09. The predicted molar refractivity (Wildman–Crippen MR) is 125 cm³/mol. The van der Waals surface area contributed by atoms with Crippen molar-refractivity contribution in [2.45, 2.75) is 79.6 Å². The van der Waals surface area contributed by atoms with Crippen LogP contribution in [-0.2, 0) is 10.8 Å². The molecule has 0 amide bonds. The summed E-state index contributed by atoms with van der Waals surface area (Å²) in [4.78, 5) is 13.7. The Labute approximate surface area is 178 Å². The summed E-state index contributed by atoms with van der Waals surface area (Å²) in [5.41, 5.74) is 5.44. The molecule has 0 aromatic carbocycles. The SMILES string of the molecule is C.CC(C)(C)c1cncs1.CC(C)(C)c1cscn1.CC(C)c1nccs1. The molecule has 6 heteroatoms. The highest BCUT2D eigenvalue weighted by Gasteiger charge is 2.15. The van der Waals surface area contributed by atoms with E-state index < -0.39 is 0 Å². The van der Waals surface area contributed by atoms with Crippen molar-refractivity contribution < 1.29 is 0 Å². The second-order valence-corrected chi connectivity index (χ2v) is 10.8. The van der Waals surface area contributed by atoms with E-state index in [0.717, 1.165) is 0 Å². The number of rotatable bonds is 1. The quantitative estimate of drug-likeness (QED) is 0.399. The van der Waals surface area contributed by atoms with E-state index in [9.17, 15) is 0 Å². The Morgan fingerprint density at radius 3 is 1.78 bits per heavy atom. The van der Waals surface area contributed by atoms with Gasteiger partial charge < -0.3 is 0 Å². The Kier molecular flexibility index (Phi) is 11.2. The van der Waals surface area contributed by atoms with Crippen molar-refractivity contribution in [2.75, 3.05) is 0 Å².